The molecule has 83 valence electrons. The third kappa shape index (κ3) is 3.37. The summed E-state index contributed by atoms with van der Waals surface area (Å²) in [6, 6.07) is 6.81. The Labute approximate surface area is 94.7 Å². The van der Waals surface area contributed by atoms with E-state index >= 15 is 0 Å². The lowest BCUT2D eigenvalue weighted by molar-refractivity contribution is 0.589. The zero-order valence-corrected chi connectivity index (χ0v) is 10.9. The van der Waals surface area contributed by atoms with Crippen molar-refractivity contribution >= 4 is 0 Å². The minimum Gasteiger partial charge on any atom is -0.0622 e. The van der Waals surface area contributed by atoms with Gasteiger partial charge >= 0.3 is 0 Å². The molecule has 0 amide bonds. The van der Waals surface area contributed by atoms with Crippen LogP contribution in [-0.4, -0.2) is 0 Å². The highest BCUT2D eigenvalue weighted by molar-refractivity contribution is 5.38. The minimum atomic E-state index is 0.251. The predicted molar refractivity (Wildman–Crippen MR) is 68.1 cm³/mol. The van der Waals surface area contributed by atoms with E-state index in [4.69, 9.17) is 0 Å². The van der Waals surface area contributed by atoms with Crippen LogP contribution >= 0.6 is 0 Å². The highest BCUT2D eigenvalue weighted by Gasteiger charge is 2.14. The Morgan fingerprint density at radius 2 is 1.73 bits per heavy atom. The first kappa shape index (κ1) is 12.3. The largest absolute Gasteiger partial charge is 0.0622 e. The zero-order valence-electron chi connectivity index (χ0n) is 10.9. The van der Waals surface area contributed by atoms with Gasteiger partial charge in [0.1, 0.15) is 0 Å². The molecule has 0 aliphatic rings. The lowest BCUT2D eigenvalue weighted by atomic mass is 9.84. The van der Waals surface area contributed by atoms with Gasteiger partial charge in [-0.25, -0.2) is 0 Å². The van der Waals surface area contributed by atoms with Gasteiger partial charge in [-0.1, -0.05) is 52.8 Å². The Kier molecular flexibility index (Phi) is 3.59. The van der Waals surface area contributed by atoms with Crippen molar-refractivity contribution < 1.29 is 0 Å². The predicted octanol–water partition coefficient (Wildman–Crippen LogP) is 4.50. The molecule has 1 aromatic rings. The molecule has 1 rings (SSSR count). The lowest BCUT2D eigenvalue weighted by Gasteiger charge is -2.21. The summed E-state index contributed by atoms with van der Waals surface area (Å²) in [5.74, 6) is 0.615. The van der Waals surface area contributed by atoms with Crippen LogP contribution in [0.2, 0.25) is 0 Å². The van der Waals surface area contributed by atoms with Gasteiger partial charge < -0.3 is 0 Å². The summed E-state index contributed by atoms with van der Waals surface area (Å²) < 4.78 is 0. The molecule has 0 fully saturated rings. The molecule has 0 spiro atoms. The summed E-state index contributed by atoms with van der Waals surface area (Å²) >= 11 is 0. The van der Waals surface area contributed by atoms with Crippen molar-refractivity contribution in [3.8, 4) is 0 Å². The topological polar surface area (TPSA) is 0 Å². The second-order valence-electron chi connectivity index (χ2n) is 5.73. The minimum absolute atomic E-state index is 0.251. The smallest absolute Gasteiger partial charge is 0.00648 e. The maximum Gasteiger partial charge on any atom is -0.00648 e. The fourth-order valence-corrected chi connectivity index (χ4v) is 1.69. The molecular formula is C15H23. The average Bonchev–Trinajstić information content (AvgIpc) is 2.05. The molecule has 0 heteroatoms. The van der Waals surface area contributed by atoms with Crippen molar-refractivity contribution in [2.75, 3.05) is 0 Å². The van der Waals surface area contributed by atoms with E-state index in [1.54, 1.807) is 0 Å². The Bertz CT molecular complexity index is 326. The zero-order chi connectivity index (χ0) is 11.6. The number of hydrogen-bond acceptors (Lipinski definition) is 0. The van der Waals surface area contributed by atoms with Gasteiger partial charge in [0.05, 0.1) is 0 Å². The Hall–Kier alpha value is -0.780. The van der Waals surface area contributed by atoms with E-state index in [1.807, 2.05) is 0 Å². The summed E-state index contributed by atoms with van der Waals surface area (Å²) in [6.45, 7) is 13.4. The van der Waals surface area contributed by atoms with E-state index < -0.39 is 0 Å². The van der Waals surface area contributed by atoms with Crippen LogP contribution in [0.1, 0.15) is 51.3 Å². The van der Waals surface area contributed by atoms with Gasteiger partial charge in [-0.3, -0.25) is 0 Å². The van der Waals surface area contributed by atoms with Gasteiger partial charge in [0.15, 0.2) is 0 Å². The van der Waals surface area contributed by atoms with Crippen molar-refractivity contribution in [1.82, 2.24) is 0 Å². The fourth-order valence-electron chi connectivity index (χ4n) is 1.69. The molecule has 0 saturated heterocycles. The molecule has 0 bridgehead atoms. The van der Waals surface area contributed by atoms with E-state index in [2.05, 4.69) is 66.2 Å². The van der Waals surface area contributed by atoms with Crippen LogP contribution in [0, 0.1) is 19.3 Å². The summed E-state index contributed by atoms with van der Waals surface area (Å²) in [5.41, 5.74) is 4.43. The number of aryl methyl sites for hydroxylation is 1. The first-order chi connectivity index (χ1) is 6.80. The van der Waals surface area contributed by atoms with E-state index in [-0.39, 0.29) is 5.41 Å². The molecule has 0 aliphatic carbocycles. The SMILES string of the molecule is Cc1cc(C(C)(C)C)ccc1[CH]C(C)C. The molecule has 0 N–H and O–H groups in total. The third-order valence-corrected chi connectivity index (χ3v) is 2.65. The van der Waals surface area contributed by atoms with Crippen LogP contribution in [0.15, 0.2) is 18.2 Å². The van der Waals surface area contributed by atoms with Crippen molar-refractivity contribution in [1.29, 1.82) is 0 Å². The number of hydrogen-bond donors (Lipinski definition) is 0. The van der Waals surface area contributed by atoms with Gasteiger partial charge in [-0.2, -0.15) is 0 Å². The Morgan fingerprint density at radius 1 is 1.13 bits per heavy atom. The molecule has 0 unspecified atom stereocenters. The van der Waals surface area contributed by atoms with Gasteiger partial charge in [0.25, 0.3) is 0 Å². The molecule has 0 aromatic heterocycles. The molecule has 0 heterocycles. The molecular weight excluding hydrogens is 180 g/mol. The van der Waals surface area contributed by atoms with E-state index in [9.17, 15) is 0 Å². The van der Waals surface area contributed by atoms with Gasteiger partial charge in [-0.05, 0) is 41.4 Å². The molecule has 0 nitrogen and oxygen atoms in total. The molecule has 0 saturated carbocycles. The summed E-state index contributed by atoms with van der Waals surface area (Å²) in [7, 11) is 0. The summed E-state index contributed by atoms with van der Waals surface area (Å²) in [4.78, 5) is 0. The second-order valence-corrected chi connectivity index (χ2v) is 5.73. The molecule has 1 radical (unpaired) electrons. The van der Waals surface area contributed by atoms with Crippen LogP contribution in [0.4, 0.5) is 0 Å². The van der Waals surface area contributed by atoms with E-state index in [1.165, 1.54) is 16.7 Å². The highest BCUT2D eigenvalue weighted by atomic mass is 14.2. The average molecular weight is 203 g/mol. The monoisotopic (exact) mass is 203 g/mol. The van der Waals surface area contributed by atoms with Crippen molar-refractivity contribution in [3.05, 3.63) is 41.3 Å². The third-order valence-electron chi connectivity index (χ3n) is 2.65. The maximum absolute atomic E-state index is 2.32. The van der Waals surface area contributed by atoms with Crippen molar-refractivity contribution in [2.45, 2.75) is 47.0 Å². The van der Waals surface area contributed by atoms with Gasteiger partial charge in [0.2, 0.25) is 0 Å². The normalized spacial score (nSPS) is 12.2. The van der Waals surface area contributed by atoms with Crippen LogP contribution < -0.4 is 0 Å². The quantitative estimate of drug-likeness (QED) is 0.664. The Balaban J connectivity index is 2.98. The van der Waals surface area contributed by atoms with E-state index in [0.29, 0.717) is 5.92 Å². The van der Waals surface area contributed by atoms with Crippen molar-refractivity contribution in [3.63, 3.8) is 0 Å². The van der Waals surface area contributed by atoms with E-state index in [0.717, 1.165) is 0 Å². The number of benzene rings is 1. The standard InChI is InChI=1S/C15H23/c1-11(2)9-13-7-8-14(10-12(13)3)15(4,5)6/h7-11H,1-6H3. The van der Waals surface area contributed by atoms with Crippen molar-refractivity contribution in [2.24, 2.45) is 5.92 Å². The first-order valence-corrected chi connectivity index (χ1v) is 5.76. The lowest BCUT2D eigenvalue weighted by Crippen LogP contribution is -2.11. The molecule has 1 aromatic carbocycles. The highest BCUT2D eigenvalue weighted by Crippen LogP contribution is 2.25. The number of rotatable bonds is 2. The maximum atomic E-state index is 2.32. The Morgan fingerprint density at radius 3 is 2.13 bits per heavy atom. The first-order valence-electron chi connectivity index (χ1n) is 5.76. The van der Waals surface area contributed by atoms with Gasteiger partial charge in [-0.15, -0.1) is 0 Å². The summed E-state index contributed by atoms with van der Waals surface area (Å²) in [6.07, 6.45) is 2.32. The fraction of sp³-hybridized carbons (Fsp3) is 0.533. The van der Waals surface area contributed by atoms with Crippen LogP contribution in [0.3, 0.4) is 0 Å². The van der Waals surface area contributed by atoms with Crippen LogP contribution in [-0.2, 0) is 5.41 Å². The van der Waals surface area contributed by atoms with Gasteiger partial charge in [0, 0.05) is 0 Å². The molecule has 0 aliphatic heterocycles. The second kappa shape index (κ2) is 4.38. The molecule has 0 atom stereocenters. The molecule has 15 heavy (non-hydrogen) atoms. The summed E-state index contributed by atoms with van der Waals surface area (Å²) in [5, 5.41) is 0. The van der Waals surface area contributed by atoms with Crippen LogP contribution in [0.5, 0.6) is 0 Å². The van der Waals surface area contributed by atoms with Crippen LogP contribution in [0.25, 0.3) is 0 Å².